The topological polar surface area (TPSA) is 74.6 Å². The van der Waals surface area contributed by atoms with Crippen molar-refractivity contribution in [1.82, 2.24) is 0 Å². The van der Waals surface area contributed by atoms with E-state index < -0.39 is 17.9 Å². The van der Waals surface area contributed by atoms with Crippen LogP contribution in [0.15, 0.2) is 0 Å². The van der Waals surface area contributed by atoms with Gasteiger partial charge in [-0.05, 0) is 6.42 Å². The highest BCUT2D eigenvalue weighted by Gasteiger charge is 2.18. The second kappa shape index (κ2) is 4.14. The zero-order valence-electron chi connectivity index (χ0n) is 5.70. The molecule has 0 aromatic rings. The van der Waals surface area contributed by atoms with Gasteiger partial charge in [0.05, 0.1) is 0 Å². The lowest BCUT2D eigenvalue weighted by Gasteiger charge is -1.98. The molecule has 0 atom stereocenters. The summed E-state index contributed by atoms with van der Waals surface area (Å²) in [5.74, 6) is -1.85. The van der Waals surface area contributed by atoms with Crippen LogP contribution in [0.25, 0.3) is 0 Å². The maximum Gasteiger partial charge on any atom is 0.253 e. The molecule has 0 aliphatic carbocycles. The Labute approximate surface area is 58.5 Å². The van der Waals surface area contributed by atoms with Crippen LogP contribution < -0.4 is 0 Å². The van der Waals surface area contributed by atoms with Crippen molar-refractivity contribution in [3.63, 3.8) is 0 Å². The Balaban J connectivity index is 3.83. The predicted molar refractivity (Wildman–Crippen MR) is 33.1 cm³/mol. The molecule has 0 saturated heterocycles. The molecule has 0 aliphatic heterocycles. The summed E-state index contributed by atoms with van der Waals surface area (Å²) in [5.41, 5.74) is 0. The van der Waals surface area contributed by atoms with Crippen molar-refractivity contribution in [1.29, 1.82) is 0 Å². The van der Waals surface area contributed by atoms with E-state index in [1.165, 1.54) is 0 Å². The summed E-state index contributed by atoms with van der Waals surface area (Å²) in [6.45, 7) is 1.73. The minimum absolute atomic E-state index is 0.0798. The number of carbonyl (C=O) groups is 2. The van der Waals surface area contributed by atoms with E-state index in [0.717, 1.165) is 0 Å². The molecule has 4 nitrogen and oxygen atoms in total. The second-order valence-electron chi connectivity index (χ2n) is 1.91. The number of Topliss-reactive ketones (excluding diaryl/α,β-unsaturated/α-hetero) is 2. The molecule has 10 heavy (non-hydrogen) atoms. The summed E-state index contributed by atoms with van der Waals surface area (Å²) in [6, 6.07) is 0. The van der Waals surface area contributed by atoms with E-state index in [1.807, 2.05) is 0 Å². The summed E-state index contributed by atoms with van der Waals surface area (Å²) in [6.07, 6.45) is -1.52. The summed E-state index contributed by atoms with van der Waals surface area (Å²) in [4.78, 5) is 20.9. The third kappa shape index (κ3) is 2.70. The van der Waals surface area contributed by atoms with E-state index in [0.29, 0.717) is 6.42 Å². The first kappa shape index (κ1) is 9.26. The van der Waals surface area contributed by atoms with Gasteiger partial charge >= 0.3 is 0 Å². The Morgan fingerprint density at radius 3 is 2.20 bits per heavy atom. The molecule has 0 bridgehead atoms. The molecule has 4 heteroatoms. The van der Waals surface area contributed by atoms with Crippen LogP contribution in [0.2, 0.25) is 0 Å². The third-order valence-corrected chi connectivity index (χ3v) is 0.986. The molecule has 0 amide bonds. The van der Waals surface area contributed by atoms with Gasteiger partial charge in [0, 0.05) is 6.42 Å². The minimum Gasteiger partial charge on any atom is -0.362 e. The van der Waals surface area contributed by atoms with E-state index in [9.17, 15) is 9.59 Å². The quantitative estimate of drug-likeness (QED) is 0.403. The van der Waals surface area contributed by atoms with E-state index in [-0.39, 0.29) is 6.42 Å². The molecule has 0 fully saturated rings. The molecule has 0 heterocycles. The fourth-order valence-electron chi connectivity index (χ4n) is 0.494. The number of aliphatic hydroxyl groups excluding tert-OH is 1. The first-order valence-corrected chi connectivity index (χ1v) is 3.02. The molecule has 0 spiro atoms. The van der Waals surface area contributed by atoms with E-state index >= 15 is 0 Å². The first-order valence-electron chi connectivity index (χ1n) is 3.02. The molecule has 0 unspecified atom stereocenters. The van der Waals surface area contributed by atoms with Crippen molar-refractivity contribution in [3.05, 3.63) is 0 Å². The lowest BCUT2D eigenvalue weighted by molar-refractivity contribution is -0.153. The van der Waals surface area contributed by atoms with Gasteiger partial charge in [-0.3, -0.25) is 9.59 Å². The number of aliphatic hydroxyl groups is 2. The van der Waals surface area contributed by atoms with Gasteiger partial charge in [0.25, 0.3) is 5.78 Å². The Hall–Kier alpha value is -0.740. The van der Waals surface area contributed by atoms with Crippen LogP contribution >= 0.6 is 0 Å². The highest BCUT2D eigenvalue weighted by Crippen LogP contribution is 1.92. The van der Waals surface area contributed by atoms with Crippen LogP contribution in [-0.4, -0.2) is 28.1 Å². The average Bonchev–Trinajstić information content (AvgIpc) is 1.87. The minimum atomic E-state index is -2.14. The smallest absolute Gasteiger partial charge is 0.253 e. The molecule has 0 aliphatic rings. The van der Waals surface area contributed by atoms with Gasteiger partial charge in [-0.2, -0.15) is 0 Å². The van der Waals surface area contributed by atoms with E-state index in [1.54, 1.807) is 6.92 Å². The van der Waals surface area contributed by atoms with Crippen molar-refractivity contribution in [2.24, 2.45) is 0 Å². The van der Waals surface area contributed by atoms with Gasteiger partial charge in [0.2, 0.25) is 12.1 Å². The van der Waals surface area contributed by atoms with Crippen molar-refractivity contribution in [2.75, 3.05) is 0 Å². The van der Waals surface area contributed by atoms with Crippen LogP contribution in [0, 0.1) is 0 Å². The summed E-state index contributed by atoms with van der Waals surface area (Å²) in [7, 11) is 0. The number of ketones is 2. The Kier molecular flexibility index (Phi) is 3.83. The zero-order chi connectivity index (χ0) is 8.15. The number of hydrogen-bond acceptors (Lipinski definition) is 4. The lowest BCUT2D eigenvalue weighted by atomic mass is 10.1. The second-order valence-corrected chi connectivity index (χ2v) is 1.91. The van der Waals surface area contributed by atoms with Gasteiger partial charge in [-0.15, -0.1) is 0 Å². The molecular formula is C6H10O4. The molecule has 0 aromatic heterocycles. The van der Waals surface area contributed by atoms with Gasteiger partial charge in [0.1, 0.15) is 0 Å². The van der Waals surface area contributed by atoms with E-state index in [2.05, 4.69) is 0 Å². The molecule has 0 saturated carbocycles. The molecule has 0 radical (unpaired) electrons. The fraction of sp³-hybridized carbons (Fsp3) is 0.667. The zero-order valence-corrected chi connectivity index (χ0v) is 5.70. The van der Waals surface area contributed by atoms with Crippen LogP contribution in [0.1, 0.15) is 19.8 Å². The molecule has 0 aromatic carbocycles. The number of rotatable bonds is 4. The highest BCUT2D eigenvalue weighted by atomic mass is 16.5. The molecule has 2 N–H and O–H groups in total. The standard InChI is InChI=1S/C6H10O4/c1-2-3-4(7)5(8)6(9)10/h6,9-10H,2-3H2,1H3. The first-order chi connectivity index (χ1) is 4.59. The summed E-state index contributed by atoms with van der Waals surface area (Å²) in [5, 5.41) is 16.4. The number of carbonyl (C=O) groups excluding carboxylic acids is 2. The Bertz CT molecular complexity index is 139. The van der Waals surface area contributed by atoms with Crippen molar-refractivity contribution in [3.8, 4) is 0 Å². The Morgan fingerprint density at radius 2 is 1.90 bits per heavy atom. The van der Waals surface area contributed by atoms with Gasteiger partial charge < -0.3 is 10.2 Å². The van der Waals surface area contributed by atoms with Crippen molar-refractivity contribution >= 4 is 11.6 Å². The maximum atomic E-state index is 10.5. The molecule has 0 rings (SSSR count). The van der Waals surface area contributed by atoms with E-state index in [4.69, 9.17) is 10.2 Å². The summed E-state index contributed by atoms with van der Waals surface area (Å²) < 4.78 is 0. The van der Waals surface area contributed by atoms with Crippen LogP contribution in [0.3, 0.4) is 0 Å². The fourth-order valence-corrected chi connectivity index (χ4v) is 0.494. The van der Waals surface area contributed by atoms with Gasteiger partial charge in [0.15, 0.2) is 0 Å². The van der Waals surface area contributed by atoms with Crippen molar-refractivity contribution in [2.45, 2.75) is 26.1 Å². The largest absolute Gasteiger partial charge is 0.362 e. The SMILES string of the molecule is CCCC(=O)C(=O)C(O)O. The van der Waals surface area contributed by atoms with Gasteiger partial charge in [-0.25, -0.2) is 0 Å². The normalized spacial score (nSPS) is 10.0. The molecular weight excluding hydrogens is 136 g/mol. The predicted octanol–water partition coefficient (Wildman–Crippen LogP) is -0.765. The molecule has 58 valence electrons. The highest BCUT2D eigenvalue weighted by molar-refractivity contribution is 6.38. The van der Waals surface area contributed by atoms with Crippen LogP contribution in [-0.2, 0) is 9.59 Å². The summed E-state index contributed by atoms with van der Waals surface area (Å²) >= 11 is 0. The monoisotopic (exact) mass is 146 g/mol. The maximum absolute atomic E-state index is 10.5. The van der Waals surface area contributed by atoms with Gasteiger partial charge in [-0.1, -0.05) is 6.92 Å². The van der Waals surface area contributed by atoms with Crippen molar-refractivity contribution < 1.29 is 19.8 Å². The Morgan fingerprint density at radius 1 is 1.40 bits per heavy atom. The number of hydrogen-bond donors (Lipinski definition) is 2. The van der Waals surface area contributed by atoms with Crippen LogP contribution in [0.4, 0.5) is 0 Å². The van der Waals surface area contributed by atoms with Crippen LogP contribution in [0.5, 0.6) is 0 Å². The average molecular weight is 146 g/mol. The lowest BCUT2D eigenvalue weighted by Crippen LogP contribution is -2.27. The third-order valence-electron chi connectivity index (χ3n) is 0.986.